The van der Waals surface area contributed by atoms with Gasteiger partial charge >= 0.3 is 82.5 Å². The fraction of sp³-hybridized carbons (Fsp3) is 1.00. The third kappa shape index (κ3) is 3.78. The van der Waals surface area contributed by atoms with Crippen LogP contribution in [0.1, 0.15) is 13.8 Å². The summed E-state index contributed by atoms with van der Waals surface area (Å²) in [5.74, 6) is 0. The van der Waals surface area contributed by atoms with Crippen molar-refractivity contribution in [3.8, 4) is 0 Å². The summed E-state index contributed by atoms with van der Waals surface area (Å²) in [6.07, 6.45) is -4.64. The summed E-state index contributed by atoms with van der Waals surface area (Å²) in [6, 6.07) is 0. The van der Waals surface area contributed by atoms with Crippen LogP contribution in [0.5, 0.6) is 0 Å². The molecule has 76 valence electrons. The molecule has 0 aromatic rings. The Labute approximate surface area is 82.6 Å². The minimum atomic E-state index is -4.64. The molecule has 0 bridgehead atoms. The molecule has 0 fully saturated rings. The number of hydrogen-bond donors (Lipinski definition) is 0. The molecule has 0 aliphatic heterocycles. The number of rotatable bonds is 4. The summed E-state index contributed by atoms with van der Waals surface area (Å²) in [6.45, 7) is 3.25. The van der Waals surface area contributed by atoms with E-state index in [-0.39, 0.29) is 0 Å². The maximum atomic E-state index is 12.2. The van der Waals surface area contributed by atoms with Crippen LogP contribution in [0.15, 0.2) is 0 Å². The van der Waals surface area contributed by atoms with Gasteiger partial charge in [-0.15, -0.1) is 0 Å². The van der Waals surface area contributed by atoms with Crippen LogP contribution in [0.25, 0.3) is 0 Å². The van der Waals surface area contributed by atoms with Crippen LogP contribution >= 0.6 is 0 Å². The molecule has 0 N–H and O–H groups in total. The Morgan fingerprint density at radius 2 is 1.77 bits per heavy atom. The monoisotopic (exact) mass is 391 g/mol. The topological polar surface area (TPSA) is 43.1 Å². The van der Waals surface area contributed by atoms with Crippen molar-refractivity contribution in [2.45, 2.75) is 31.6 Å². The summed E-state index contributed by atoms with van der Waals surface area (Å²) in [5.41, 5.74) is 0. The molecule has 0 aromatic carbocycles. The molecule has 0 saturated heterocycles. The zero-order valence-electron chi connectivity index (χ0n) is 7.47. The van der Waals surface area contributed by atoms with Gasteiger partial charge in [-0.1, -0.05) is 0 Å². The van der Waals surface area contributed by atoms with E-state index in [1.807, 2.05) is 0 Å². The van der Waals surface area contributed by atoms with E-state index in [2.05, 4.69) is 0 Å². The quantitative estimate of drug-likeness (QED) is 0.420. The number of halogens is 3. The Hall–Kier alpha value is 0.112. The van der Waals surface area contributed by atoms with Crippen molar-refractivity contribution in [1.29, 1.82) is 0 Å². The number of nitrogens with zero attached hydrogens (tertiary/aromatic N) is 1. The molecule has 3 nitrogen and oxygen atoms in total. The number of alkyl halides is 3. The predicted molar refractivity (Wildman–Crippen MR) is 43.6 cm³/mol. The average molecular weight is 391 g/mol. The van der Waals surface area contributed by atoms with Crippen LogP contribution in [-0.2, 0) is 0 Å². The Morgan fingerprint density at radius 3 is 1.85 bits per heavy atom. The molecule has 0 rings (SSSR count). The van der Waals surface area contributed by atoms with Crippen LogP contribution in [0.2, 0.25) is 7.96 Å². The molecule has 0 aromatic heterocycles. The molecule has 0 saturated carbocycles. The summed E-state index contributed by atoms with van der Waals surface area (Å²) in [7, 11) is 0. The van der Waals surface area contributed by atoms with Gasteiger partial charge in [0.25, 0.3) is 0 Å². The van der Waals surface area contributed by atoms with Crippen molar-refractivity contribution in [3.05, 3.63) is 10.1 Å². The summed E-state index contributed by atoms with van der Waals surface area (Å²) in [5, 5.41) is 10.2. The molecule has 0 heterocycles. The van der Waals surface area contributed by atoms with Gasteiger partial charge < -0.3 is 0 Å². The van der Waals surface area contributed by atoms with Crippen molar-refractivity contribution in [1.82, 2.24) is 0 Å². The van der Waals surface area contributed by atoms with Gasteiger partial charge in [-0.25, -0.2) is 0 Å². The van der Waals surface area contributed by atoms with E-state index in [1.165, 1.54) is 0 Å². The fourth-order valence-corrected chi connectivity index (χ4v) is 10.4. The first kappa shape index (κ1) is 13.1. The van der Waals surface area contributed by atoms with Gasteiger partial charge in [0.2, 0.25) is 0 Å². The molecular formula is C6H11F3NO2Tl. The van der Waals surface area contributed by atoms with Crippen LogP contribution in [0, 0.1) is 10.1 Å². The molecule has 0 amide bonds. The van der Waals surface area contributed by atoms with Crippen LogP contribution < -0.4 is 0 Å². The SMILES string of the molecule is C[CH2][Tl]([CH2]C)[CH]([N+](=O)[O-])C(F)(F)F. The van der Waals surface area contributed by atoms with Crippen LogP contribution in [0.3, 0.4) is 0 Å². The molecule has 0 aliphatic rings. The Morgan fingerprint density at radius 1 is 1.38 bits per heavy atom. The second-order valence-electron chi connectivity index (χ2n) is 2.85. The molecular weight excluding hydrogens is 379 g/mol. The van der Waals surface area contributed by atoms with Crippen molar-refractivity contribution < 1.29 is 18.1 Å². The minimum absolute atomic E-state index is 0.391. The van der Waals surface area contributed by atoms with Crippen LogP contribution in [0.4, 0.5) is 13.2 Å². The second-order valence-corrected chi connectivity index (χ2v) is 17.6. The van der Waals surface area contributed by atoms with E-state index in [0.29, 0.717) is 7.96 Å². The zero-order valence-corrected chi connectivity index (χ0v) is 12.0. The molecule has 0 aliphatic carbocycles. The Balaban J connectivity index is 4.69. The normalized spacial score (nSPS) is 13.9. The van der Waals surface area contributed by atoms with Crippen molar-refractivity contribution in [2.75, 3.05) is 0 Å². The van der Waals surface area contributed by atoms with Gasteiger partial charge in [-0.3, -0.25) is 0 Å². The fourth-order valence-electron chi connectivity index (χ4n) is 1.29. The first-order valence-electron chi connectivity index (χ1n) is 4.04. The second kappa shape index (κ2) is 5.11. The van der Waals surface area contributed by atoms with E-state index in [1.54, 1.807) is 13.8 Å². The molecule has 1 unspecified atom stereocenters. The molecule has 1 atom stereocenters. The number of hydrogen-bond acceptors (Lipinski definition) is 2. The first-order chi connectivity index (χ1) is 5.84. The van der Waals surface area contributed by atoms with E-state index in [9.17, 15) is 23.3 Å². The van der Waals surface area contributed by atoms with E-state index in [4.69, 9.17) is 0 Å². The third-order valence-corrected chi connectivity index (χ3v) is 16.1. The van der Waals surface area contributed by atoms with Gasteiger partial charge in [-0.2, -0.15) is 0 Å². The van der Waals surface area contributed by atoms with Gasteiger partial charge in [0.05, 0.1) is 0 Å². The standard InChI is InChI=1S/C2HF3NO2.2C2H5.Tl/c3-2(4,5)1-6(7)8;2*1-2;/h1H;2*1H2,2H3;. The van der Waals surface area contributed by atoms with E-state index in [0.717, 1.165) is 0 Å². The van der Waals surface area contributed by atoms with Crippen molar-refractivity contribution >= 4 is 22.7 Å². The van der Waals surface area contributed by atoms with Gasteiger partial charge in [0.1, 0.15) is 0 Å². The van der Waals surface area contributed by atoms with Gasteiger partial charge in [0, 0.05) is 0 Å². The summed E-state index contributed by atoms with van der Waals surface area (Å²) < 4.78 is 35.2. The van der Waals surface area contributed by atoms with Gasteiger partial charge in [0.15, 0.2) is 0 Å². The van der Waals surface area contributed by atoms with E-state index < -0.39 is 37.4 Å². The maximum absolute atomic E-state index is 12.2. The number of nitro groups is 1. The predicted octanol–water partition coefficient (Wildman–Crippen LogP) is 2.27. The van der Waals surface area contributed by atoms with Crippen LogP contribution in [-0.4, -0.2) is 37.4 Å². The molecule has 0 radical (unpaired) electrons. The average Bonchev–Trinajstić information content (AvgIpc) is 1.96. The molecule has 13 heavy (non-hydrogen) atoms. The zero-order chi connectivity index (χ0) is 10.6. The third-order valence-electron chi connectivity index (χ3n) is 2.06. The van der Waals surface area contributed by atoms with Gasteiger partial charge in [-0.05, 0) is 0 Å². The Bertz CT molecular complexity index is 181. The van der Waals surface area contributed by atoms with E-state index >= 15 is 0 Å². The summed E-state index contributed by atoms with van der Waals surface area (Å²) >= 11 is -3.15. The Kier molecular flexibility index (Phi) is 5.15. The molecule has 7 heteroatoms. The molecule has 0 spiro atoms. The summed E-state index contributed by atoms with van der Waals surface area (Å²) in [4.78, 5) is 9.11. The van der Waals surface area contributed by atoms with Crippen molar-refractivity contribution in [3.63, 3.8) is 0 Å². The first-order valence-corrected chi connectivity index (χ1v) is 13.0. The van der Waals surface area contributed by atoms with Crippen molar-refractivity contribution in [2.24, 2.45) is 0 Å².